The lowest BCUT2D eigenvalue weighted by molar-refractivity contribution is -0.135. The van der Waals surface area contributed by atoms with Gasteiger partial charge >= 0.3 is 0 Å². The van der Waals surface area contributed by atoms with Crippen molar-refractivity contribution in [2.45, 2.75) is 38.8 Å². The Labute approximate surface area is 157 Å². The Morgan fingerprint density at radius 2 is 1.96 bits per heavy atom. The molecular weight excluding hydrogens is 345 g/mol. The maximum atomic E-state index is 12.9. The van der Waals surface area contributed by atoms with E-state index >= 15 is 0 Å². The first kappa shape index (κ1) is 21.2. The minimum atomic E-state index is 0. The van der Waals surface area contributed by atoms with Crippen molar-refractivity contribution in [3.05, 3.63) is 35.9 Å². The van der Waals surface area contributed by atoms with Crippen LogP contribution in [0.5, 0.6) is 0 Å². The predicted molar refractivity (Wildman–Crippen MR) is 103 cm³/mol. The number of nitrogens with zero attached hydrogens (tertiary/aromatic N) is 2. The zero-order valence-electron chi connectivity index (χ0n) is 14.3. The largest absolute Gasteiger partial charge is 0.341 e. The number of amides is 1. The van der Waals surface area contributed by atoms with E-state index in [-0.39, 0.29) is 36.3 Å². The van der Waals surface area contributed by atoms with Gasteiger partial charge in [-0.3, -0.25) is 9.69 Å². The van der Waals surface area contributed by atoms with Gasteiger partial charge in [0, 0.05) is 19.6 Å². The van der Waals surface area contributed by atoms with E-state index in [0.717, 1.165) is 45.4 Å². The summed E-state index contributed by atoms with van der Waals surface area (Å²) in [5.74, 6) is 0.311. The molecule has 3 rings (SSSR count). The van der Waals surface area contributed by atoms with E-state index in [0.29, 0.717) is 12.5 Å². The Morgan fingerprint density at radius 1 is 1.25 bits per heavy atom. The first-order valence-electron chi connectivity index (χ1n) is 8.38. The van der Waals surface area contributed by atoms with Crippen LogP contribution in [0.15, 0.2) is 30.3 Å². The fourth-order valence-corrected chi connectivity index (χ4v) is 3.70. The van der Waals surface area contributed by atoms with Gasteiger partial charge in [0.1, 0.15) is 0 Å². The van der Waals surface area contributed by atoms with Gasteiger partial charge in [0.2, 0.25) is 5.91 Å². The molecular formula is C18H29Cl2N3O. The van der Waals surface area contributed by atoms with Gasteiger partial charge < -0.3 is 10.6 Å². The lowest BCUT2D eigenvalue weighted by Gasteiger charge is -2.29. The molecule has 0 aliphatic carbocycles. The van der Waals surface area contributed by atoms with Crippen molar-refractivity contribution in [1.29, 1.82) is 0 Å². The van der Waals surface area contributed by atoms with Crippen LogP contribution in [0, 0.1) is 5.41 Å². The summed E-state index contributed by atoms with van der Waals surface area (Å²) in [6.45, 7) is 6.43. The van der Waals surface area contributed by atoms with E-state index in [1.165, 1.54) is 5.56 Å². The fraction of sp³-hybridized carbons (Fsp3) is 0.611. The van der Waals surface area contributed by atoms with E-state index < -0.39 is 0 Å². The Kier molecular flexibility index (Phi) is 8.00. The molecule has 0 aromatic heterocycles. The number of carbonyl (C=O) groups excluding carboxylic acids is 1. The first-order valence-corrected chi connectivity index (χ1v) is 8.38. The highest BCUT2D eigenvalue weighted by Crippen LogP contribution is 2.31. The van der Waals surface area contributed by atoms with Crippen molar-refractivity contribution in [3.63, 3.8) is 0 Å². The molecule has 2 aliphatic heterocycles. The molecule has 136 valence electrons. The third-order valence-electron chi connectivity index (χ3n) is 5.24. The van der Waals surface area contributed by atoms with Gasteiger partial charge in [0.15, 0.2) is 0 Å². The Bertz CT molecular complexity index is 528. The van der Waals surface area contributed by atoms with Gasteiger partial charge in [-0.1, -0.05) is 37.3 Å². The normalized spacial score (nSPS) is 26.8. The van der Waals surface area contributed by atoms with Crippen LogP contribution in [-0.4, -0.2) is 47.9 Å². The number of carbonyl (C=O) groups is 1. The van der Waals surface area contributed by atoms with Crippen LogP contribution in [0.4, 0.5) is 0 Å². The second-order valence-electron chi connectivity index (χ2n) is 7.14. The predicted octanol–water partition coefficient (Wildman–Crippen LogP) is 2.69. The van der Waals surface area contributed by atoms with Gasteiger partial charge in [-0.25, -0.2) is 0 Å². The molecule has 2 heterocycles. The average Bonchev–Trinajstić information content (AvgIpc) is 3.15. The minimum absolute atomic E-state index is 0. The van der Waals surface area contributed by atoms with Crippen molar-refractivity contribution < 1.29 is 4.79 Å². The topological polar surface area (TPSA) is 49.6 Å². The zero-order valence-corrected chi connectivity index (χ0v) is 16.0. The fourth-order valence-electron chi connectivity index (χ4n) is 3.70. The van der Waals surface area contributed by atoms with Crippen molar-refractivity contribution in [2.24, 2.45) is 11.1 Å². The molecule has 2 fully saturated rings. The highest BCUT2D eigenvalue weighted by molar-refractivity contribution is 5.85. The molecule has 2 N–H and O–H groups in total. The van der Waals surface area contributed by atoms with E-state index in [1.807, 2.05) is 11.0 Å². The second-order valence-corrected chi connectivity index (χ2v) is 7.14. The number of likely N-dealkylation sites (tertiary alicyclic amines) is 2. The molecule has 6 heteroatoms. The number of hydrogen-bond donors (Lipinski definition) is 1. The highest BCUT2D eigenvalue weighted by atomic mass is 35.5. The third kappa shape index (κ3) is 4.63. The lowest BCUT2D eigenvalue weighted by Crippen LogP contribution is -2.45. The van der Waals surface area contributed by atoms with Crippen LogP contribution >= 0.6 is 24.8 Å². The lowest BCUT2D eigenvalue weighted by atomic mass is 9.90. The minimum Gasteiger partial charge on any atom is -0.341 e. The van der Waals surface area contributed by atoms with Gasteiger partial charge in [-0.15, -0.1) is 24.8 Å². The molecule has 24 heavy (non-hydrogen) atoms. The van der Waals surface area contributed by atoms with Gasteiger partial charge in [0.05, 0.1) is 6.04 Å². The van der Waals surface area contributed by atoms with Gasteiger partial charge in [-0.2, -0.15) is 0 Å². The summed E-state index contributed by atoms with van der Waals surface area (Å²) in [6, 6.07) is 10.5. The molecule has 4 nitrogen and oxygen atoms in total. The molecule has 1 aromatic rings. The molecule has 2 unspecified atom stereocenters. The maximum absolute atomic E-state index is 12.9. The van der Waals surface area contributed by atoms with E-state index in [2.05, 4.69) is 36.1 Å². The van der Waals surface area contributed by atoms with Crippen LogP contribution < -0.4 is 5.73 Å². The Hall–Kier alpha value is -0.810. The first-order chi connectivity index (χ1) is 10.6. The maximum Gasteiger partial charge on any atom is 0.239 e. The van der Waals surface area contributed by atoms with Gasteiger partial charge in [-0.05, 0) is 43.3 Å². The van der Waals surface area contributed by atoms with Gasteiger partial charge in [0.25, 0.3) is 0 Å². The van der Waals surface area contributed by atoms with Crippen molar-refractivity contribution in [3.8, 4) is 0 Å². The third-order valence-corrected chi connectivity index (χ3v) is 5.24. The molecule has 1 amide bonds. The summed E-state index contributed by atoms with van der Waals surface area (Å²) in [7, 11) is 0. The molecule has 2 aliphatic rings. The summed E-state index contributed by atoms with van der Waals surface area (Å²) in [5, 5.41) is 0. The van der Waals surface area contributed by atoms with Crippen molar-refractivity contribution >= 4 is 30.7 Å². The number of benzene rings is 1. The van der Waals surface area contributed by atoms with Crippen molar-refractivity contribution in [1.82, 2.24) is 9.80 Å². The Balaban J connectivity index is 0.00000144. The monoisotopic (exact) mass is 373 g/mol. The highest BCUT2D eigenvalue weighted by Gasteiger charge is 2.40. The van der Waals surface area contributed by atoms with E-state index in [4.69, 9.17) is 5.73 Å². The van der Waals surface area contributed by atoms with Crippen molar-refractivity contribution in [2.75, 3.05) is 26.2 Å². The van der Waals surface area contributed by atoms with E-state index in [9.17, 15) is 4.79 Å². The summed E-state index contributed by atoms with van der Waals surface area (Å²) in [5.41, 5.74) is 7.26. The number of halogens is 2. The summed E-state index contributed by atoms with van der Waals surface area (Å²) < 4.78 is 0. The van der Waals surface area contributed by atoms with Crippen LogP contribution in [0.25, 0.3) is 0 Å². The molecule has 0 bridgehead atoms. The average molecular weight is 374 g/mol. The van der Waals surface area contributed by atoms with Crippen LogP contribution in [-0.2, 0) is 11.3 Å². The van der Waals surface area contributed by atoms with Crippen LogP contribution in [0.1, 0.15) is 31.7 Å². The number of rotatable bonds is 4. The smallest absolute Gasteiger partial charge is 0.239 e. The zero-order chi connectivity index (χ0) is 15.6. The molecule has 2 atom stereocenters. The summed E-state index contributed by atoms with van der Waals surface area (Å²) in [6.07, 6.45) is 3.13. The SMILES string of the molecule is CC1(CN)CCN(C(=O)C2CCCN2Cc2ccccc2)C1.Cl.Cl. The summed E-state index contributed by atoms with van der Waals surface area (Å²) >= 11 is 0. The molecule has 2 saturated heterocycles. The standard InChI is InChI=1S/C18H27N3O.2ClH/c1-18(13-19)9-11-21(14-18)17(22)16-8-5-10-20(16)12-15-6-3-2-4-7-15;;/h2-4,6-7,16H,5,8-14,19H2,1H3;2*1H. The number of hydrogen-bond acceptors (Lipinski definition) is 3. The number of nitrogens with two attached hydrogens (primary N) is 1. The van der Waals surface area contributed by atoms with Crippen LogP contribution in [0.3, 0.4) is 0 Å². The summed E-state index contributed by atoms with van der Waals surface area (Å²) in [4.78, 5) is 17.3. The van der Waals surface area contributed by atoms with Crippen LogP contribution in [0.2, 0.25) is 0 Å². The molecule has 0 spiro atoms. The Morgan fingerprint density at radius 3 is 2.58 bits per heavy atom. The molecule has 1 aromatic carbocycles. The quantitative estimate of drug-likeness (QED) is 0.882. The second kappa shape index (κ2) is 9.04. The molecule has 0 saturated carbocycles. The molecule has 0 radical (unpaired) electrons. The van der Waals surface area contributed by atoms with E-state index in [1.54, 1.807) is 0 Å².